The molecule has 30 heavy (non-hydrogen) atoms. The van der Waals surface area contributed by atoms with E-state index in [1.165, 1.54) is 30.5 Å². The number of carbonyl (C=O) groups excluding carboxylic acids is 2. The van der Waals surface area contributed by atoms with Crippen LogP contribution in [-0.2, 0) is 4.79 Å². The van der Waals surface area contributed by atoms with E-state index >= 15 is 0 Å². The lowest BCUT2D eigenvalue weighted by molar-refractivity contribution is -0.126. The number of rotatable bonds is 6. The number of likely N-dealkylation sites (tertiary alicyclic amines) is 1. The van der Waals surface area contributed by atoms with Gasteiger partial charge in [-0.1, -0.05) is 0 Å². The van der Waals surface area contributed by atoms with Gasteiger partial charge in [-0.05, 0) is 60.9 Å². The number of ether oxygens (including phenoxy) is 2. The fraction of sp³-hybridized carbons (Fsp3) is 0.318. The summed E-state index contributed by atoms with van der Waals surface area (Å²) in [4.78, 5) is 26.5. The van der Waals surface area contributed by atoms with Crippen LogP contribution in [0.5, 0.6) is 11.5 Å². The number of nitrogens with zero attached hydrogens (tertiary/aromatic N) is 2. The topological polar surface area (TPSA) is 80.2 Å². The average molecular weight is 413 g/mol. The highest BCUT2D eigenvalue weighted by Gasteiger charge is 2.27. The molecular formula is C22H24FN3O4. The summed E-state index contributed by atoms with van der Waals surface area (Å²) in [6.45, 7) is 0.932. The van der Waals surface area contributed by atoms with E-state index in [9.17, 15) is 14.0 Å². The Kier molecular flexibility index (Phi) is 7.00. The Balaban J connectivity index is 1.50. The van der Waals surface area contributed by atoms with Gasteiger partial charge < -0.3 is 14.4 Å². The molecule has 0 radical (unpaired) electrons. The molecule has 0 spiro atoms. The van der Waals surface area contributed by atoms with Gasteiger partial charge in [-0.3, -0.25) is 9.59 Å². The van der Waals surface area contributed by atoms with Crippen molar-refractivity contribution < 1.29 is 23.5 Å². The van der Waals surface area contributed by atoms with Gasteiger partial charge in [0.2, 0.25) is 5.91 Å². The van der Waals surface area contributed by atoms with Gasteiger partial charge in [-0.25, -0.2) is 9.82 Å². The van der Waals surface area contributed by atoms with Crippen LogP contribution in [0.3, 0.4) is 0 Å². The summed E-state index contributed by atoms with van der Waals surface area (Å²) in [5.74, 6) is 0.257. The summed E-state index contributed by atoms with van der Waals surface area (Å²) in [7, 11) is 3.11. The Hall–Kier alpha value is -3.42. The van der Waals surface area contributed by atoms with Gasteiger partial charge in [0.15, 0.2) is 11.5 Å². The summed E-state index contributed by atoms with van der Waals surface area (Å²) in [5, 5.41) is 4.02. The molecule has 1 aliphatic heterocycles. The Morgan fingerprint density at radius 1 is 1.07 bits per heavy atom. The maximum absolute atomic E-state index is 13.0. The molecule has 1 aliphatic rings. The van der Waals surface area contributed by atoms with E-state index in [4.69, 9.17) is 9.47 Å². The first-order valence-electron chi connectivity index (χ1n) is 9.61. The number of benzene rings is 2. The molecule has 8 heteroatoms. The van der Waals surface area contributed by atoms with Crippen LogP contribution < -0.4 is 14.9 Å². The first kappa shape index (κ1) is 21.3. The quantitative estimate of drug-likeness (QED) is 0.583. The molecule has 1 fully saturated rings. The van der Waals surface area contributed by atoms with Gasteiger partial charge in [0.25, 0.3) is 5.91 Å². The van der Waals surface area contributed by atoms with Crippen molar-refractivity contribution in [2.75, 3.05) is 27.3 Å². The maximum atomic E-state index is 13.0. The lowest BCUT2D eigenvalue weighted by atomic mass is 9.95. The van der Waals surface area contributed by atoms with Crippen LogP contribution in [0.1, 0.15) is 28.8 Å². The minimum atomic E-state index is -0.379. The monoisotopic (exact) mass is 413 g/mol. The molecule has 158 valence electrons. The van der Waals surface area contributed by atoms with Gasteiger partial charge >= 0.3 is 0 Å². The Morgan fingerprint density at radius 3 is 2.37 bits per heavy atom. The van der Waals surface area contributed by atoms with E-state index in [0.717, 1.165) is 5.56 Å². The highest BCUT2D eigenvalue weighted by molar-refractivity contribution is 5.94. The number of amides is 2. The second-order valence-corrected chi connectivity index (χ2v) is 6.92. The van der Waals surface area contributed by atoms with E-state index in [-0.39, 0.29) is 23.5 Å². The molecule has 3 rings (SSSR count). The van der Waals surface area contributed by atoms with Crippen molar-refractivity contribution in [1.82, 2.24) is 10.3 Å². The van der Waals surface area contributed by atoms with Crippen molar-refractivity contribution in [2.24, 2.45) is 11.0 Å². The van der Waals surface area contributed by atoms with Gasteiger partial charge in [0.1, 0.15) is 5.82 Å². The number of hydrogen-bond donors (Lipinski definition) is 1. The number of nitrogens with one attached hydrogen (secondary N) is 1. The molecule has 0 atom stereocenters. The van der Waals surface area contributed by atoms with Crippen LogP contribution in [0.2, 0.25) is 0 Å². The predicted molar refractivity (Wildman–Crippen MR) is 110 cm³/mol. The van der Waals surface area contributed by atoms with E-state index < -0.39 is 0 Å². The molecule has 2 aromatic carbocycles. The first-order chi connectivity index (χ1) is 14.5. The van der Waals surface area contributed by atoms with Crippen LogP contribution >= 0.6 is 0 Å². The second kappa shape index (κ2) is 9.87. The van der Waals surface area contributed by atoms with Crippen LogP contribution in [0, 0.1) is 11.7 Å². The highest BCUT2D eigenvalue weighted by atomic mass is 19.1. The molecule has 0 saturated carbocycles. The summed E-state index contributed by atoms with van der Waals surface area (Å²) < 4.78 is 23.5. The van der Waals surface area contributed by atoms with Crippen molar-refractivity contribution in [3.8, 4) is 11.5 Å². The molecule has 2 aromatic rings. The van der Waals surface area contributed by atoms with Crippen molar-refractivity contribution in [1.29, 1.82) is 0 Å². The average Bonchev–Trinajstić information content (AvgIpc) is 2.79. The van der Waals surface area contributed by atoms with Crippen molar-refractivity contribution >= 4 is 18.0 Å². The van der Waals surface area contributed by atoms with Gasteiger partial charge in [0, 0.05) is 24.6 Å². The fourth-order valence-corrected chi connectivity index (χ4v) is 3.31. The summed E-state index contributed by atoms with van der Waals surface area (Å²) in [6.07, 6.45) is 2.63. The SMILES string of the molecule is COc1ccc(/C=N\NC(=O)C2CCN(C(=O)c3ccc(F)cc3)CC2)cc1OC. The normalized spacial score (nSPS) is 14.6. The van der Waals surface area contributed by atoms with Gasteiger partial charge in [-0.2, -0.15) is 5.10 Å². The minimum Gasteiger partial charge on any atom is -0.493 e. The lowest BCUT2D eigenvalue weighted by Gasteiger charge is -2.31. The molecule has 7 nitrogen and oxygen atoms in total. The molecule has 1 N–H and O–H groups in total. The third-order valence-electron chi connectivity index (χ3n) is 5.04. The standard InChI is InChI=1S/C22H24FN3O4/c1-29-19-8-3-15(13-20(19)30-2)14-24-25-21(27)16-9-11-26(12-10-16)22(28)17-4-6-18(23)7-5-17/h3-8,13-14,16H,9-12H2,1-2H3,(H,25,27)/b24-14-. The van der Waals surface area contributed by atoms with E-state index in [1.54, 1.807) is 37.3 Å². The third-order valence-corrected chi connectivity index (χ3v) is 5.04. The van der Waals surface area contributed by atoms with Crippen LogP contribution in [0.25, 0.3) is 0 Å². The summed E-state index contributed by atoms with van der Waals surface area (Å²) in [5.41, 5.74) is 3.76. The molecule has 0 aromatic heterocycles. The number of halogens is 1. The zero-order valence-electron chi connectivity index (χ0n) is 16.9. The first-order valence-corrected chi connectivity index (χ1v) is 9.61. The summed E-state index contributed by atoms with van der Waals surface area (Å²) >= 11 is 0. The number of methoxy groups -OCH3 is 2. The third kappa shape index (κ3) is 5.14. The molecule has 2 amide bonds. The zero-order valence-corrected chi connectivity index (χ0v) is 16.9. The molecule has 1 heterocycles. The number of carbonyl (C=O) groups is 2. The predicted octanol–water partition coefficient (Wildman–Crippen LogP) is 2.85. The van der Waals surface area contributed by atoms with E-state index in [1.807, 2.05) is 0 Å². The van der Waals surface area contributed by atoms with Crippen molar-refractivity contribution in [3.63, 3.8) is 0 Å². The molecular weight excluding hydrogens is 389 g/mol. The smallest absolute Gasteiger partial charge is 0.253 e. The zero-order chi connectivity index (χ0) is 21.5. The van der Waals surface area contributed by atoms with E-state index in [0.29, 0.717) is 43.0 Å². The van der Waals surface area contributed by atoms with Gasteiger partial charge in [-0.15, -0.1) is 0 Å². The second-order valence-electron chi connectivity index (χ2n) is 6.92. The van der Waals surface area contributed by atoms with Crippen LogP contribution in [-0.4, -0.2) is 50.2 Å². The Morgan fingerprint density at radius 2 is 1.73 bits per heavy atom. The molecule has 0 unspecified atom stereocenters. The van der Waals surface area contributed by atoms with Crippen LogP contribution in [0.15, 0.2) is 47.6 Å². The molecule has 1 saturated heterocycles. The number of piperidine rings is 1. The van der Waals surface area contributed by atoms with Crippen molar-refractivity contribution in [3.05, 3.63) is 59.4 Å². The largest absolute Gasteiger partial charge is 0.493 e. The fourth-order valence-electron chi connectivity index (χ4n) is 3.31. The van der Waals surface area contributed by atoms with Crippen LogP contribution in [0.4, 0.5) is 4.39 Å². The Bertz CT molecular complexity index is 922. The van der Waals surface area contributed by atoms with E-state index in [2.05, 4.69) is 10.5 Å². The van der Waals surface area contributed by atoms with Gasteiger partial charge in [0.05, 0.1) is 20.4 Å². The number of hydrazone groups is 1. The summed E-state index contributed by atoms with van der Waals surface area (Å²) in [6, 6.07) is 10.8. The number of hydrogen-bond acceptors (Lipinski definition) is 5. The van der Waals surface area contributed by atoms with Crippen molar-refractivity contribution in [2.45, 2.75) is 12.8 Å². The molecule has 0 aliphatic carbocycles. The highest BCUT2D eigenvalue weighted by Crippen LogP contribution is 2.26. The maximum Gasteiger partial charge on any atom is 0.253 e. The lowest BCUT2D eigenvalue weighted by Crippen LogP contribution is -2.42. The molecule has 0 bridgehead atoms. The minimum absolute atomic E-state index is 0.152. The Labute approximate surface area is 174 Å².